The van der Waals surface area contributed by atoms with Crippen molar-refractivity contribution in [2.24, 2.45) is 0 Å². The third-order valence-corrected chi connectivity index (χ3v) is 7.48. The number of aliphatic hydroxyl groups is 2. The highest BCUT2D eigenvalue weighted by Crippen LogP contribution is 2.66. The second-order valence-corrected chi connectivity index (χ2v) is 10.5. The van der Waals surface area contributed by atoms with Crippen molar-refractivity contribution in [3.63, 3.8) is 0 Å². The SMILES string of the molecule is CC1(O)[C@@H](O)C(COP(=O)(O)OP(=O)(O)OP(=O)(O)O)O[C@H]1n1ccc(=O)[nH]c1=O. The standard InChI is InChI=1S/C10H17N2O15P3/c1-10(16)7(14)5(25-8(10)12-3-2-6(13)11-9(12)15)4-24-29(20,21)27-30(22,23)26-28(17,18)19/h2-3,5,7-8,14,16H,4H2,1H3,(H,20,21)(H,22,23)(H,11,13,15)(H2,17,18,19)/t5?,7-,8+,10?/m0/s1. The predicted molar refractivity (Wildman–Crippen MR) is 91.7 cm³/mol. The van der Waals surface area contributed by atoms with E-state index in [4.69, 9.17) is 19.4 Å². The van der Waals surface area contributed by atoms with Gasteiger partial charge in [0, 0.05) is 12.3 Å². The maximum atomic E-state index is 11.9. The first kappa shape index (κ1) is 25.2. The number of nitrogens with zero attached hydrogens (tertiary/aromatic N) is 1. The molecular formula is C10H17N2O15P3. The Morgan fingerprint density at radius 1 is 1.17 bits per heavy atom. The topological polar surface area (TPSA) is 264 Å². The van der Waals surface area contributed by atoms with Crippen LogP contribution < -0.4 is 11.2 Å². The van der Waals surface area contributed by atoms with Crippen LogP contribution in [0.3, 0.4) is 0 Å². The van der Waals surface area contributed by atoms with Gasteiger partial charge in [0.15, 0.2) is 6.23 Å². The molecule has 4 unspecified atom stereocenters. The highest BCUT2D eigenvalue weighted by Gasteiger charge is 2.54. The molecule has 20 heteroatoms. The number of nitrogens with one attached hydrogen (secondary N) is 1. The number of phosphoric ester groups is 1. The summed E-state index contributed by atoms with van der Waals surface area (Å²) in [5, 5.41) is 20.6. The first-order valence-corrected chi connectivity index (χ1v) is 12.1. The lowest BCUT2D eigenvalue weighted by Gasteiger charge is -2.27. The minimum absolute atomic E-state index is 0.718. The van der Waals surface area contributed by atoms with Crippen LogP contribution in [0.25, 0.3) is 0 Å². The summed E-state index contributed by atoms with van der Waals surface area (Å²) in [7, 11) is -16.8. The van der Waals surface area contributed by atoms with Crippen LogP contribution in [-0.2, 0) is 31.6 Å². The number of rotatable bonds is 8. The van der Waals surface area contributed by atoms with Gasteiger partial charge in [0.2, 0.25) is 0 Å². The molecule has 6 atom stereocenters. The first-order valence-electron chi connectivity index (χ1n) is 7.59. The van der Waals surface area contributed by atoms with E-state index in [0.29, 0.717) is 0 Å². The summed E-state index contributed by atoms with van der Waals surface area (Å²) in [4.78, 5) is 60.3. The Morgan fingerprint density at radius 3 is 2.30 bits per heavy atom. The highest BCUT2D eigenvalue weighted by atomic mass is 31.3. The molecule has 7 N–H and O–H groups in total. The van der Waals surface area contributed by atoms with Gasteiger partial charge in [-0.3, -0.25) is 18.9 Å². The van der Waals surface area contributed by atoms with Crippen LogP contribution in [0.2, 0.25) is 0 Å². The van der Waals surface area contributed by atoms with E-state index in [2.05, 4.69) is 13.1 Å². The van der Waals surface area contributed by atoms with Crippen LogP contribution in [0.5, 0.6) is 0 Å². The smallest absolute Gasteiger partial charge is 0.387 e. The molecule has 0 amide bonds. The van der Waals surface area contributed by atoms with E-state index in [0.717, 1.165) is 23.8 Å². The lowest BCUT2D eigenvalue weighted by Crippen LogP contribution is -2.46. The van der Waals surface area contributed by atoms with E-state index in [9.17, 15) is 38.4 Å². The van der Waals surface area contributed by atoms with Crippen LogP contribution in [0.4, 0.5) is 0 Å². The van der Waals surface area contributed by atoms with E-state index in [1.807, 2.05) is 4.98 Å². The molecule has 0 radical (unpaired) electrons. The van der Waals surface area contributed by atoms with Crippen LogP contribution in [0.1, 0.15) is 13.2 Å². The van der Waals surface area contributed by atoms with Crippen molar-refractivity contribution < 1.29 is 61.4 Å². The van der Waals surface area contributed by atoms with E-state index < -0.39 is 65.4 Å². The maximum absolute atomic E-state index is 11.9. The minimum atomic E-state index is -5.74. The quantitative estimate of drug-likeness (QED) is 0.189. The number of H-pyrrole nitrogens is 1. The Kier molecular flexibility index (Phi) is 7.14. The lowest BCUT2D eigenvalue weighted by atomic mass is 9.96. The van der Waals surface area contributed by atoms with E-state index in [1.165, 1.54) is 0 Å². The van der Waals surface area contributed by atoms with Crippen molar-refractivity contribution in [2.45, 2.75) is 31.0 Å². The number of aromatic amines is 1. The Bertz CT molecular complexity index is 1040. The fourth-order valence-electron chi connectivity index (χ4n) is 2.46. The molecule has 1 aliphatic heterocycles. The lowest BCUT2D eigenvalue weighted by molar-refractivity contribution is -0.0986. The van der Waals surface area contributed by atoms with Gasteiger partial charge in [-0.1, -0.05) is 0 Å². The molecule has 1 fully saturated rings. The summed E-state index contributed by atoms with van der Waals surface area (Å²) < 4.78 is 50.9. The van der Waals surface area contributed by atoms with Gasteiger partial charge in [0.05, 0.1) is 6.61 Å². The summed E-state index contributed by atoms with van der Waals surface area (Å²) >= 11 is 0. The summed E-state index contributed by atoms with van der Waals surface area (Å²) in [6.45, 7) is -0.0136. The predicted octanol–water partition coefficient (Wildman–Crippen LogP) is -2.11. The van der Waals surface area contributed by atoms with Crippen molar-refractivity contribution in [1.29, 1.82) is 0 Å². The molecule has 172 valence electrons. The van der Waals surface area contributed by atoms with E-state index in [1.54, 1.807) is 0 Å². The molecule has 1 saturated heterocycles. The number of aliphatic hydroxyl groups excluding tert-OH is 1. The zero-order chi connectivity index (χ0) is 23.1. The van der Waals surface area contributed by atoms with E-state index in [-0.39, 0.29) is 0 Å². The second-order valence-electron chi connectivity index (χ2n) is 6.10. The third-order valence-electron chi connectivity index (χ3n) is 3.68. The normalized spacial score (nSPS) is 31.2. The van der Waals surface area contributed by atoms with Crippen molar-refractivity contribution in [3.05, 3.63) is 33.1 Å². The molecule has 1 aliphatic rings. The van der Waals surface area contributed by atoms with Crippen molar-refractivity contribution in [3.8, 4) is 0 Å². The fourth-order valence-corrected chi connectivity index (χ4v) is 5.49. The van der Waals surface area contributed by atoms with Gasteiger partial charge in [-0.15, -0.1) is 0 Å². The first-order chi connectivity index (χ1) is 13.4. The molecule has 0 saturated carbocycles. The molecule has 0 aliphatic carbocycles. The van der Waals surface area contributed by atoms with Gasteiger partial charge in [-0.2, -0.15) is 8.62 Å². The summed E-state index contributed by atoms with van der Waals surface area (Å²) in [5.41, 5.74) is -3.93. The zero-order valence-electron chi connectivity index (χ0n) is 14.7. The number of ether oxygens (including phenoxy) is 1. The highest BCUT2D eigenvalue weighted by molar-refractivity contribution is 7.66. The molecule has 17 nitrogen and oxygen atoms in total. The number of phosphoric acid groups is 3. The molecular weight excluding hydrogens is 481 g/mol. The van der Waals surface area contributed by atoms with Crippen molar-refractivity contribution in [1.82, 2.24) is 9.55 Å². The van der Waals surface area contributed by atoms with Crippen LogP contribution in [-0.4, -0.2) is 63.8 Å². The monoisotopic (exact) mass is 498 g/mol. The fraction of sp³-hybridized carbons (Fsp3) is 0.600. The van der Waals surface area contributed by atoms with Gasteiger partial charge in [-0.25, -0.2) is 18.5 Å². The average molecular weight is 498 g/mol. The Hall–Kier alpha value is -1.03. The average Bonchev–Trinajstić information content (AvgIpc) is 2.73. The molecule has 30 heavy (non-hydrogen) atoms. The van der Waals surface area contributed by atoms with Crippen LogP contribution in [0, 0.1) is 0 Å². The third kappa shape index (κ3) is 6.24. The summed E-state index contributed by atoms with van der Waals surface area (Å²) in [6.07, 6.45) is -4.08. The Morgan fingerprint density at radius 2 is 1.77 bits per heavy atom. The summed E-state index contributed by atoms with van der Waals surface area (Å²) in [5.74, 6) is 0. The molecule has 2 heterocycles. The Balaban J connectivity index is 2.13. The number of hydrogen-bond acceptors (Lipinski definition) is 11. The molecule has 0 aromatic carbocycles. The molecule has 0 spiro atoms. The molecule has 1 aromatic heterocycles. The Labute approximate surface area is 165 Å². The van der Waals surface area contributed by atoms with Crippen LogP contribution >= 0.6 is 23.5 Å². The van der Waals surface area contributed by atoms with Crippen LogP contribution in [0.15, 0.2) is 21.9 Å². The van der Waals surface area contributed by atoms with E-state index >= 15 is 0 Å². The molecule has 0 bridgehead atoms. The molecule has 1 aromatic rings. The van der Waals surface area contributed by atoms with Crippen molar-refractivity contribution in [2.75, 3.05) is 6.61 Å². The molecule has 2 rings (SSSR count). The zero-order valence-corrected chi connectivity index (χ0v) is 17.4. The van der Waals surface area contributed by atoms with Crippen molar-refractivity contribution >= 4 is 23.5 Å². The van der Waals surface area contributed by atoms with Gasteiger partial charge < -0.3 is 34.5 Å². The van der Waals surface area contributed by atoms with Gasteiger partial charge in [0.1, 0.15) is 17.8 Å². The number of hydrogen-bond donors (Lipinski definition) is 7. The minimum Gasteiger partial charge on any atom is -0.387 e. The number of aromatic nitrogens is 2. The van der Waals surface area contributed by atoms with Gasteiger partial charge >= 0.3 is 29.2 Å². The largest absolute Gasteiger partial charge is 0.490 e. The van der Waals surface area contributed by atoms with Gasteiger partial charge in [-0.05, 0) is 6.92 Å². The summed E-state index contributed by atoms with van der Waals surface area (Å²) in [6, 6.07) is 0.923. The second kappa shape index (κ2) is 8.48. The van der Waals surface area contributed by atoms with Gasteiger partial charge in [0.25, 0.3) is 5.56 Å². The maximum Gasteiger partial charge on any atom is 0.490 e.